The number of rotatable bonds is 5. The minimum atomic E-state index is 0.122. The maximum Gasteiger partial charge on any atom is 0.0644 e. The van der Waals surface area contributed by atoms with E-state index in [1.165, 1.54) is 0 Å². The van der Waals surface area contributed by atoms with E-state index < -0.39 is 0 Å². The van der Waals surface area contributed by atoms with Crippen LogP contribution in [0.4, 0.5) is 0 Å². The molecule has 0 saturated carbocycles. The van der Waals surface area contributed by atoms with Gasteiger partial charge in [-0.15, -0.1) is 0 Å². The molecule has 2 unspecified atom stereocenters. The normalized spacial score (nSPS) is 32.7. The third-order valence-corrected chi connectivity index (χ3v) is 4.28. The second kappa shape index (κ2) is 6.71. The van der Waals surface area contributed by atoms with Crippen molar-refractivity contribution in [1.29, 1.82) is 0 Å². The number of hydrogen-bond acceptors (Lipinski definition) is 5. The van der Waals surface area contributed by atoms with Crippen molar-refractivity contribution < 1.29 is 14.6 Å². The molecule has 0 aromatic carbocycles. The van der Waals surface area contributed by atoms with Gasteiger partial charge in [0.1, 0.15) is 0 Å². The minimum absolute atomic E-state index is 0.122. The number of aliphatic hydroxyl groups excluding tert-OH is 1. The Balaban J connectivity index is 1.97. The van der Waals surface area contributed by atoms with Crippen molar-refractivity contribution in [1.82, 2.24) is 10.2 Å². The highest BCUT2D eigenvalue weighted by Crippen LogP contribution is 2.31. The van der Waals surface area contributed by atoms with Crippen molar-refractivity contribution in [2.24, 2.45) is 5.41 Å². The van der Waals surface area contributed by atoms with Crippen molar-refractivity contribution in [3.05, 3.63) is 0 Å². The molecule has 2 aliphatic rings. The second-order valence-corrected chi connectivity index (χ2v) is 7.29. The minimum Gasteiger partial charge on any atom is -0.395 e. The average molecular weight is 286 g/mol. The molecular formula is C15H30N2O3. The summed E-state index contributed by atoms with van der Waals surface area (Å²) in [5, 5.41) is 13.1. The van der Waals surface area contributed by atoms with E-state index in [4.69, 9.17) is 9.47 Å². The average Bonchev–Trinajstić information content (AvgIpc) is 2.86. The topological polar surface area (TPSA) is 54.0 Å². The Morgan fingerprint density at radius 1 is 1.30 bits per heavy atom. The molecule has 2 rings (SSSR count). The van der Waals surface area contributed by atoms with Gasteiger partial charge in [-0.2, -0.15) is 0 Å². The van der Waals surface area contributed by atoms with Crippen molar-refractivity contribution in [3.63, 3.8) is 0 Å². The molecule has 118 valence electrons. The highest BCUT2D eigenvalue weighted by molar-refractivity contribution is 4.92. The van der Waals surface area contributed by atoms with E-state index in [1.54, 1.807) is 0 Å². The zero-order valence-electron chi connectivity index (χ0n) is 13.2. The van der Waals surface area contributed by atoms with Gasteiger partial charge in [-0.1, -0.05) is 0 Å². The fourth-order valence-electron chi connectivity index (χ4n) is 2.92. The Labute approximate surface area is 122 Å². The predicted molar refractivity (Wildman–Crippen MR) is 78.9 cm³/mol. The van der Waals surface area contributed by atoms with Gasteiger partial charge in [0.25, 0.3) is 0 Å². The van der Waals surface area contributed by atoms with Crippen molar-refractivity contribution in [2.75, 3.05) is 52.7 Å². The Bertz CT molecular complexity index is 298. The van der Waals surface area contributed by atoms with Gasteiger partial charge in [-0.3, -0.25) is 4.90 Å². The summed E-state index contributed by atoms with van der Waals surface area (Å²) in [5.74, 6) is 0. The lowest BCUT2D eigenvalue weighted by Crippen LogP contribution is -2.55. The number of morpholine rings is 1. The van der Waals surface area contributed by atoms with Crippen LogP contribution >= 0.6 is 0 Å². The fourth-order valence-corrected chi connectivity index (χ4v) is 2.92. The van der Waals surface area contributed by atoms with Gasteiger partial charge in [0, 0.05) is 37.2 Å². The molecule has 0 aliphatic carbocycles. The molecule has 20 heavy (non-hydrogen) atoms. The molecule has 2 fully saturated rings. The van der Waals surface area contributed by atoms with E-state index in [0.29, 0.717) is 6.61 Å². The summed E-state index contributed by atoms with van der Waals surface area (Å²) in [7, 11) is 0. The summed E-state index contributed by atoms with van der Waals surface area (Å²) in [4.78, 5) is 2.38. The van der Waals surface area contributed by atoms with Crippen LogP contribution in [-0.4, -0.2) is 74.3 Å². The smallest absolute Gasteiger partial charge is 0.0644 e. The van der Waals surface area contributed by atoms with Crippen LogP contribution < -0.4 is 5.32 Å². The van der Waals surface area contributed by atoms with Crippen molar-refractivity contribution >= 4 is 0 Å². The van der Waals surface area contributed by atoms with E-state index in [2.05, 4.69) is 31.0 Å². The van der Waals surface area contributed by atoms with Gasteiger partial charge in [-0.25, -0.2) is 0 Å². The Morgan fingerprint density at radius 2 is 2.10 bits per heavy atom. The monoisotopic (exact) mass is 286 g/mol. The number of nitrogens with zero attached hydrogens (tertiary/aromatic N) is 1. The molecule has 2 saturated heterocycles. The van der Waals surface area contributed by atoms with Crippen LogP contribution in [0.3, 0.4) is 0 Å². The highest BCUT2D eigenvalue weighted by atomic mass is 16.5. The first-order valence-electron chi connectivity index (χ1n) is 7.70. The standard InChI is InChI=1S/C15H30N2O3/c1-14(2,3)16-10-15(4-6-20-12-15)11-17-5-7-19-9-13(17)8-18/h13,16,18H,4-12H2,1-3H3. The maximum absolute atomic E-state index is 9.51. The summed E-state index contributed by atoms with van der Waals surface area (Å²) in [6, 6.07) is 0.135. The van der Waals surface area contributed by atoms with Crippen molar-refractivity contribution in [3.8, 4) is 0 Å². The van der Waals surface area contributed by atoms with E-state index in [1.807, 2.05) is 0 Å². The molecule has 0 amide bonds. The fraction of sp³-hybridized carbons (Fsp3) is 1.00. The number of nitrogens with one attached hydrogen (secondary N) is 1. The van der Waals surface area contributed by atoms with Crippen LogP contribution in [0.1, 0.15) is 27.2 Å². The quantitative estimate of drug-likeness (QED) is 0.770. The SMILES string of the molecule is CC(C)(C)NCC1(CN2CCOCC2CO)CCOC1. The zero-order chi connectivity index (χ0) is 14.6. The van der Waals surface area contributed by atoms with Gasteiger partial charge in [0.2, 0.25) is 0 Å². The molecule has 2 aliphatic heterocycles. The largest absolute Gasteiger partial charge is 0.395 e. The van der Waals surface area contributed by atoms with Gasteiger partial charge < -0.3 is 19.9 Å². The number of ether oxygens (including phenoxy) is 2. The maximum atomic E-state index is 9.51. The van der Waals surface area contributed by atoms with Gasteiger partial charge in [0.15, 0.2) is 0 Å². The molecule has 0 aromatic rings. The lowest BCUT2D eigenvalue weighted by atomic mass is 9.85. The molecule has 0 aromatic heterocycles. The highest BCUT2D eigenvalue weighted by Gasteiger charge is 2.39. The van der Waals surface area contributed by atoms with Crippen LogP contribution in [0.25, 0.3) is 0 Å². The van der Waals surface area contributed by atoms with Crippen LogP contribution in [0.15, 0.2) is 0 Å². The summed E-state index contributed by atoms with van der Waals surface area (Å²) < 4.78 is 11.1. The lowest BCUT2D eigenvalue weighted by Gasteiger charge is -2.41. The molecule has 5 nitrogen and oxygen atoms in total. The third kappa shape index (κ3) is 4.40. The first-order valence-corrected chi connectivity index (χ1v) is 7.70. The first kappa shape index (κ1) is 16.2. The summed E-state index contributed by atoms with van der Waals surface area (Å²) in [6.07, 6.45) is 1.09. The molecule has 0 spiro atoms. The van der Waals surface area contributed by atoms with E-state index in [-0.39, 0.29) is 23.6 Å². The van der Waals surface area contributed by atoms with Gasteiger partial charge in [-0.05, 0) is 27.2 Å². The van der Waals surface area contributed by atoms with Crippen LogP contribution in [0, 0.1) is 5.41 Å². The first-order chi connectivity index (χ1) is 9.44. The lowest BCUT2D eigenvalue weighted by molar-refractivity contribution is -0.0460. The van der Waals surface area contributed by atoms with Gasteiger partial charge in [0.05, 0.1) is 32.5 Å². The van der Waals surface area contributed by atoms with E-state index in [9.17, 15) is 5.11 Å². The summed E-state index contributed by atoms with van der Waals surface area (Å²) >= 11 is 0. The molecule has 0 radical (unpaired) electrons. The van der Waals surface area contributed by atoms with E-state index >= 15 is 0 Å². The van der Waals surface area contributed by atoms with Crippen molar-refractivity contribution in [2.45, 2.75) is 38.8 Å². The molecular weight excluding hydrogens is 256 g/mol. The predicted octanol–water partition coefficient (Wildman–Crippen LogP) is 0.474. The van der Waals surface area contributed by atoms with Crippen LogP contribution in [-0.2, 0) is 9.47 Å². The molecule has 0 bridgehead atoms. The number of hydrogen-bond donors (Lipinski definition) is 2. The molecule has 2 atom stereocenters. The van der Waals surface area contributed by atoms with Crippen LogP contribution in [0.2, 0.25) is 0 Å². The summed E-state index contributed by atoms with van der Waals surface area (Å²) in [5.41, 5.74) is 0.287. The van der Waals surface area contributed by atoms with Gasteiger partial charge >= 0.3 is 0 Å². The molecule has 5 heteroatoms. The van der Waals surface area contributed by atoms with E-state index in [0.717, 1.165) is 45.9 Å². The molecule has 2 heterocycles. The Hall–Kier alpha value is -0.200. The second-order valence-electron chi connectivity index (χ2n) is 7.29. The Morgan fingerprint density at radius 3 is 2.70 bits per heavy atom. The molecule has 2 N–H and O–H groups in total. The Kier molecular flexibility index (Phi) is 5.42. The third-order valence-electron chi connectivity index (χ3n) is 4.28. The zero-order valence-corrected chi connectivity index (χ0v) is 13.2. The van der Waals surface area contributed by atoms with Crippen LogP contribution in [0.5, 0.6) is 0 Å². The number of aliphatic hydroxyl groups is 1. The summed E-state index contributed by atoms with van der Waals surface area (Å²) in [6.45, 7) is 12.7.